The van der Waals surface area contributed by atoms with E-state index in [4.69, 9.17) is 0 Å². The lowest BCUT2D eigenvalue weighted by molar-refractivity contribution is 0.678. The van der Waals surface area contributed by atoms with Crippen molar-refractivity contribution < 1.29 is 0 Å². The van der Waals surface area contributed by atoms with Crippen molar-refractivity contribution in [3.8, 4) is 0 Å². The standard InChI is InChI=1S/C18H23N/c1-14-9-8-10-15(2)18(14)13-16(3)19(4)17-11-6-5-7-12-17/h5-12,16H,13H2,1-4H3. The van der Waals surface area contributed by atoms with Crippen LogP contribution < -0.4 is 4.90 Å². The first kappa shape index (κ1) is 13.7. The Balaban J connectivity index is 2.15. The summed E-state index contributed by atoms with van der Waals surface area (Å²) in [5, 5.41) is 0. The van der Waals surface area contributed by atoms with Crippen molar-refractivity contribution in [2.24, 2.45) is 0 Å². The number of para-hydroxylation sites is 1. The minimum atomic E-state index is 0.488. The summed E-state index contributed by atoms with van der Waals surface area (Å²) >= 11 is 0. The topological polar surface area (TPSA) is 3.24 Å². The maximum atomic E-state index is 2.35. The van der Waals surface area contributed by atoms with E-state index in [1.165, 1.54) is 22.4 Å². The first-order valence-corrected chi connectivity index (χ1v) is 6.92. The van der Waals surface area contributed by atoms with Crippen molar-refractivity contribution in [3.63, 3.8) is 0 Å². The van der Waals surface area contributed by atoms with Gasteiger partial charge in [-0.25, -0.2) is 0 Å². The van der Waals surface area contributed by atoms with Gasteiger partial charge in [-0.3, -0.25) is 0 Å². The van der Waals surface area contributed by atoms with Crippen LogP contribution in [0.15, 0.2) is 48.5 Å². The summed E-state index contributed by atoms with van der Waals surface area (Å²) in [6.45, 7) is 6.70. The fourth-order valence-corrected chi connectivity index (χ4v) is 2.52. The Morgan fingerprint density at radius 3 is 2.05 bits per heavy atom. The number of likely N-dealkylation sites (N-methyl/N-ethyl adjacent to an activating group) is 1. The van der Waals surface area contributed by atoms with Crippen molar-refractivity contribution >= 4 is 5.69 Å². The molecule has 2 rings (SSSR count). The lowest BCUT2D eigenvalue weighted by Gasteiger charge is -2.28. The number of hydrogen-bond donors (Lipinski definition) is 0. The summed E-state index contributed by atoms with van der Waals surface area (Å²) in [6, 6.07) is 17.6. The molecule has 0 aliphatic rings. The highest BCUT2D eigenvalue weighted by atomic mass is 15.1. The molecule has 0 N–H and O–H groups in total. The fourth-order valence-electron chi connectivity index (χ4n) is 2.52. The van der Waals surface area contributed by atoms with Crippen LogP contribution >= 0.6 is 0 Å². The molecule has 0 saturated heterocycles. The summed E-state index contributed by atoms with van der Waals surface area (Å²) in [7, 11) is 2.17. The lowest BCUT2D eigenvalue weighted by Crippen LogP contribution is -2.31. The second kappa shape index (κ2) is 5.92. The molecule has 0 aliphatic heterocycles. The van der Waals surface area contributed by atoms with E-state index in [1.54, 1.807) is 0 Å². The van der Waals surface area contributed by atoms with Gasteiger partial charge in [0.25, 0.3) is 0 Å². The number of rotatable bonds is 4. The molecule has 1 atom stereocenters. The molecule has 2 aromatic carbocycles. The Morgan fingerprint density at radius 1 is 0.895 bits per heavy atom. The zero-order valence-corrected chi connectivity index (χ0v) is 12.4. The van der Waals surface area contributed by atoms with Gasteiger partial charge in [0.15, 0.2) is 0 Å². The predicted molar refractivity (Wildman–Crippen MR) is 83.9 cm³/mol. The molecule has 0 amide bonds. The van der Waals surface area contributed by atoms with Crippen molar-refractivity contribution in [2.75, 3.05) is 11.9 Å². The van der Waals surface area contributed by atoms with Gasteiger partial charge in [-0.2, -0.15) is 0 Å². The molecule has 0 aromatic heterocycles. The summed E-state index contributed by atoms with van der Waals surface area (Å²) in [6.07, 6.45) is 1.09. The van der Waals surface area contributed by atoms with Gasteiger partial charge in [0.1, 0.15) is 0 Å². The van der Waals surface area contributed by atoms with Gasteiger partial charge in [0.2, 0.25) is 0 Å². The minimum absolute atomic E-state index is 0.488. The summed E-state index contributed by atoms with van der Waals surface area (Å²) < 4.78 is 0. The number of benzene rings is 2. The van der Waals surface area contributed by atoms with Gasteiger partial charge in [-0.1, -0.05) is 36.4 Å². The second-order valence-electron chi connectivity index (χ2n) is 5.37. The third kappa shape index (κ3) is 3.17. The average Bonchev–Trinajstić information content (AvgIpc) is 2.43. The number of hydrogen-bond acceptors (Lipinski definition) is 1. The van der Waals surface area contributed by atoms with Gasteiger partial charge in [-0.15, -0.1) is 0 Å². The van der Waals surface area contributed by atoms with Gasteiger partial charge in [-0.05, 0) is 56.0 Å². The highest BCUT2D eigenvalue weighted by Gasteiger charge is 2.13. The summed E-state index contributed by atoms with van der Waals surface area (Å²) in [4.78, 5) is 2.35. The Kier molecular flexibility index (Phi) is 4.26. The van der Waals surface area contributed by atoms with Crippen molar-refractivity contribution in [2.45, 2.75) is 33.2 Å². The van der Waals surface area contributed by atoms with Crippen LogP contribution in [0.1, 0.15) is 23.6 Å². The molecule has 1 nitrogen and oxygen atoms in total. The highest BCUT2D eigenvalue weighted by Crippen LogP contribution is 2.20. The van der Waals surface area contributed by atoms with E-state index in [2.05, 4.69) is 81.2 Å². The molecule has 0 radical (unpaired) electrons. The highest BCUT2D eigenvalue weighted by molar-refractivity contribution is 5.46. The second-order valence-corrected chi connectivity index (χ2v) is 5.37. The molecule has 0 fully saturated rings. The van der Waals surface area contributed by atoms with E-state index in [9.17, 15) is 0 Å². The molecule has 0 spiro atoms. The maximum absolute atomic E-state index is 2.35. The minimum Gasteiger partial charge on any atom is -0.372 e. The maximum Gasteiger partial charge on any atom is 0.0366 e. The lowest BCUT2D eigenvalue weighted by atomic mass is 9.96. The van der Waals surface area contributed by atoms with Crippen LogP contribution in [0.3, 0.4) is 0 Å². The number of nitrogens with zero attached hydrogens (tertiary/aromatic N) is 1. The number of aryl methyl sites for hydroxylation is 2. The quantitative estimate of drug-likeness (QED) is 0.782. The summed E-state index contributed by atoms with van der Waals surface area (Å²) in [5.41, 5.74) is 5.56. The van der Waals surface area contributed by atoms with Crippen LogP contribution in [-0.4, -0.2) is 13.1 Å². The van der Waals surface area contributed by atoms with Crippen LogP contribution in [0, 0.1) is 13.8 Å². The van der Waals surface area contributed by atoms with Crippen LogP contribution in [0.5, 0.6) is 0 Å². The van der Waals surface area contributed by atoms with Crippen LogP contribution in [-0.2, 0) is 6.42 Å². The van der Waals surface area contributed by atoms with Crippen molar-refractivity contribution in [3.05, 3.63) is 65.2 Å². The zero-order chi connectivity index (χ0) is 13.8. The first-order chi connectivity index (χ1) is 9.09. The molecule has 0 aliphatic carbocycles. The van der Waals surface area contributed by atoms with Crippen molar-refractivity contribution in [1.29, 1.82) is 0 Å². The SMILES string of the molecule is Cc1cccc(C)c1CC(C)N(C)c1ccccc1. The smallest absolute Gasteiger partial charge is 0.0366 e. The van der Waals surface area contributed by atoms with E-state index in [0.717, 1.165) is 6.42 Å². The van der Waals surface area contributed by atoms with Gasteiger partial charge >= 0.3 is 0 Å². The van der Waals surface area contributed by atoms with E-state index in [1.807, 2.05) is 0 Å². The zero-order valence-electron chi connectivity index (χ0n) is 12.4. The molecule has 19 heavy (non-hydrogen) atoms. The van der Waals surface area contributed by atoms with E-state index in [-0.39, 0.29) is 0 Å². The molecular weight excluding hydrogens is 230 g/mol. The summed E-state index contributed by atoms with van der Waals surface area (Å²) in [5.74, 6) is 0. The van der Waals surface area contributed by atoms with Gasteiger partial charge in [0.05, 0.1) is 0 Å². The van der Waals surface area contributed by atoms with E-state index >= 15 is 0 Å². The molecule has 0 heterocycles. The third-order valence-electron chi connectivity index (χ3n) is 3.97. The van der Waals surface area contributed by atoms with Crippen LogP contribution in [0.4, 0.5) is 5.69 Å². The molecular formula is C18H23N. The van der Waals surface area contributed by atoms with E-state index in [0.29, 0.717) is 6.04 Å². The molecule has 2 aromatic rings. The predicted octanol–water partition coefficient (Wildman–Crippen LogP) is 4.37. The third-order valence-corrected chi connectivity index (χ3v) is 3.97. The Hall–Kier alpha value is -1.76. The molecule has 1 unspecified atom stereocenters. The Labute approximate surface area is 116 Å². The van der Waals surface area contributed by atoms with Crippen LogP contribution in [0.25, 0.3) is 0 Å². The Bertz CT molecular complexity index is 510. The molecule has 0 bridgehead atoms. The largest absolute Gasteiger partial charge is 0.372 e. The molecule has 0 saturated carbocycles. The average molecular weight is 253 g/mol. The van der Waals surface area contributed by atoms with Gasteiger partial charge < -0.3 is 4.90 Å². The Morgan fingerprint density at radius 2 is 1.47 bits per heavy atom. The number of anilines is 1. The monoisotopic (exact) mass is 253 g/mol. The van der Waals surface area contributed by atoms with Gasteiger partial charge in [0, 0.05) is 18.8 Å². The fraction of sp³-hybridized carbons (Fsp3) is 0.333. The molecule has 100 valence electrons. The normalized spacial score (nSPS) is 12.2. The van der Waals surface area contributed by atoms with Crippen molar-refractivity contribution in [1.82, 2.24) is 0 Å². The molecule has 1 heteroatoms. The van der Waals surface area contributed by atoms with Crippen LogP contribution in [0.2, 0.25) is 0 Å². The first-order valence-electron chi connectivity index (χ1n) is 6.92. The van der Waals surface area contributed by atoms with E-state index < -0.39 is 0 Å².